The van der Waals surface area contributed by atoms with E-state index in [2.05, 4.69) is 5.16 Å². The van der Waals surface area contributed by atoms with Gasteiger partial charge in [-0.05, 0) is 25.0 Å². The highest BCUT2D eigenvalue weighted by Gasteiger charge is 2.48. The molecule has 2 aromatic rings. The molecule has 2 aliphatic rings. The molecule has 0 aromatic heterocycles. The van der Waals surface area contributed by atoms with Crippen LogP contribution in [0.4, 0.5) is 0 Å². The van der Waals surface area contributed by atoms with E-state index >= 15 is 0 Å². The maximum atomic E-state index is 12.8. The third-order valence-electron chi connectivity index (χ3n) is 5.55. The molecule has 2 aliphatic heterocycles. The first-order chi connectivity index (χ1) is 14.4. The van der Waals surface area contributed by atoms with Crippen molar-refractivity contribution in [2.45, 2.75) is 49.1 Å². The summed E-state index contributed by atoms with van der Waals surface area (Å²) in [6.07, 6.45) is -0.418. The van der Waals surface area contributed by atoms with Crippen molar-refractivity contribution >= 4 is 16.5 Å². The van der Waals surface area contributed by atoms with E-state index in [9.17, 15) is 9.32 Å². The van der Waals surface area contributed by atoms with E-state index in [-0.39, 0.29) is 18.6 Å². The first-order valence-corrected chi connectivity index (χ1v) is 11.6. The largest absolute Gasteiger partial charge is 0.389 e. The summed E-state index contributed by atoms with van der Waals surface area (Å²) in [4.78, 5) is 5.87. The predicted molar refractivity (Wildman–Crippen MR) is 116 cm³/mol. The molecule has 3 unspecified atom stereocenters. The summed E-state index contributed by atoms with van der Waals surface area (Å²) in [7, 11) is -1.41. The van der Waals surface area contributed by atoms with Crippen LogP contribution in [0.1, 0.15) is 37.0 Å². The standard InChI is InChI=1S/C23H27NO5S/c1-23(2)27-14-17(28-23)20(25)22(30(3)26)19-18(15-10-6-4-7-11-15)21(29-24-19)16-12-8-5-9-13-16/h4-13,17-18,20-22,25H,14H2,1-3H3/t17-,18-,20?,21+,22?,30?/m1/s1. The molecule has 0 aliphatic carbocycles. The summed E-state index contributed by atoms with van der Waals surface area (Å²) in [5.41, 5.74) is 2.53. The summed E-state index contributed by atoms with van der Waals surface area (Å²) in [5, 5.41) is 14.8. The molecule has 160 valence electrons. The maximum Gasteiger partial charge on any atom is 0.164 e. The van der Waals surface area contributed by atoms with E-state index in [1.807, 2.05) is 60.7 Å². The molecule has 7 heteroatoms. The van der Waals surface area contributed by atoms with Crippen LogP contribution >= 0.6 is 0 Å². The second-order valence-corrected chi connectivity index (χ2v) is 9.62. The Labute approximate surface area is 179 Å². The van der Waals surface area contributed by atoms with Crippen molar-refractivity contribution in [1.82, 2.24) is 0 Å². The van der Waals surface area contributed by atoms with Crippen molar-refractivity contribution in [3.8, 4) is 0 Å². The van der Waals surface area contributed by atoms with Gasteiger partial charge in [-0.3, -0.25) is 4.21 Å². The van der Waals surface area contributed by atoms with E-state index in [0.717, 1.165) is 11.1 Å². The fraction of sp³-hybridized carbons (Fsp3) is 0.435. The third kappa shape index (κ3) is 4.21. The van der Waals surface area contributed by atoms with Crippen LogP contribution in [0.5, 0.6) is 0 Å². The van der Waals surface area contributed by atoms with Crippen molar-refractivity contribution in [3.63, 3.8) is 0 Å². The average molecular weight is 430 g/mol. The average Bonchev–Trinajstić information content (AvgIpc) is 3.32. The van der Waals surface area contributed by atoms with Gasteiger partial charge in [-0.15, -0.1) is 0 Å². The first kappa shape index (κ1) is 21.2. The number of rotatable bonds is 6. The van der Waals surface area contributed by atoms with Crippen LogP contribution in [0, 0.1) is 0 Å². The molecule has 0 spiro atoms. The Kier molecular flexibility index (Phi) is 6.06. The number of benzene rings is 2. The molecule has 2 heterocycles. The van der Waals surface area contributed by atoms with Gasteiger partial charge in [0.25, 0.3) is 0 Å². The van der Waals surface area contributed by atoms with Gasteiger partial charge in [-0.2, -0.15) is 0 Å². The zero-order valence-corrected chi connectivity index (χ0v) is 18.1. The van der Waals surface area contributed by atoms with Crippen LogP contribution in [0.2, 0.25) is 0 Å². The van der Waals surface area contributed by atoms with Crippen LogP contribution in [-0.4, -0.2) is 51.1 Å². The molecule has 1 fully saturated rings. The summed E-state index contributed by atoms with van der Waals surface area (Å²) in [6.45, 7) is 3.83. The number of oxime groups is 1. The van der Waals surface area contributed by atoms with Gasteiger partial charge in [-0.25, -0.2) is 0 Å². The van der Waals surface area contributed by atoms with E-state index in [0.29, 0.717) is 5.71 Å². The number of nitrogens with zero attached hydrogens (tertiary/aromatic N) is 1. The minimum atomic E-state index is -1.41. The van der Waals surface area contributed by atoms with Crippen LogP contribution in [-0.2, 0) is 25.1 Å². The molecule has 2 aromatic carbocycles. The lowest BCUT2D eigenvalue weighted by atomic mass is 9.83. The van der Waals surface area contributed by atoms with Crippen LogP contribution < -0.4 is 0 Å². The highest BCUT2D eigenvalue weighted by atomic mass is 32.2. The van der Waals surface area contributed by atoms with E-state index < -0.39 is 34.0 Å². The van der Waals surface area contributed by atoms with Crippen molar-refractivity contribution in [3.05, 3.63) is 71.8 Å². The third-order valence-corrected chi connectivity index (χ3v) is 6.79. The highest BCUT2D eigenvalue weighted by Crippen LogP contribution is 2.42. The van der Waals surface area contributed by atoms with Gasteiger partial charge in [-0.1, -0.05) is 65.8 Å². The Bertz CT molecular complexity index is 918. The fourth-order valence-corrected chi connectivity index (χ4v) is 5.24. The second-order valence-electron chi connectivity index (χ2n) is 8.12. The first-order valence-electron chi connectivity index (χ1n) is 10.0. The second kappa shape index (κ2) is 8.59. The summed E-state index contributed by atoms with van der Waals surface area (Å²) >= 11 is 0. The van der Waals surface area contributed by atoms with Crippen LogP contribution in [0.15, 0.2) is 65.8 Å². The van der Waals surface area contributed by atoms with Crippen molar-refractivity contribution < 1.29 is 23.6 Å². The molecule has 0 bridgehead atoms. The zero-order valence-electron chi connectivity index (χ0n) is 17.3. The van der Waals surface area contributed by atoms with Gasteiger partial charge in [0.1, 0.15) is 17.5 Å². The Balaban J connectivity index is 1.70. The molecule has 4 rings (SSSR count). The Morgan fingerprint density at radius 2 is 1.67 bits per heavy atom. The molecule has 1 N–H and O–H groups in total. The lowest BCUT2D eigenvalue weighted by molar-refractivity contribution is -0.150. The lowest BCUT2D eigenvalue weighted by Crippen LogP contribution is -2.47. The Morgan fingerprint density at radius 1 is 1.07 bits per heavy atom. The van der Waals surface area contributed by atoms with Gasteiger partial charge >= 0.3 is 0 Å². The normalized spacial score (nSPS) is 28.4. The predicted octanol–water partition coefficient (Wildman–Crippen LogP) is 3.16. The Hall–Kier alpha value is -2.06. The van der Waals surface area contributed by atoms with Gasteiger partial charge in [0.05, 0.1) is 18.2 Å². The number of ether oxygens (including phenoxy) is 2. The highest BCUT2D eigenvalue weighted by molar-refractivity contribution is 7.85. The van der Waals surface area contributed by atoms with E-state index in [1.165, 1.54) is 0 Å². The topological polar surface area (TPSA) is 77.4 Å². The zero-order chi connectivity index (χ0) is 21.3. The number of aliphatic hydroxyl groups excluding tert-OH is 1. The molecule has 0 saturated carbocycles. The van der Waals surface area contributed by atoms with E-state index in [4.69, 9.17) is 14.3 Å². The van der Waals surface area contributed by atoms with Gasteiger partial charge < -0.3 is 19.4 Å². The number of aliphatic hydroxyl groups is 1. The summed E-state index contributed by atoms with van der Waals surface area (Å²) in [5.74, 6) is -1.06. The van der Waals surface area contributed by atoms with Crippen molar-refractivity contribution in [2.75, 3.05) is 12.9 Å². The number of hydrogen-bond donors (Lipinski definition) is 1. The van der Waals surface area contributed by atoms with Crippen LogP contribution in [0.25, 0.3) is 0 Å². The SMILES string of the molecule is CS(=O)C(C1=NO[C@@H](c2ccccc2)[C@@H]1c1ccccc1)C(O)[C@H]1COC(C)(C)O1. The summed E-state index contributed by atoms with van der Waals surface area (Å²) in [6, 6.07) is 19.7. The van der Waals surface area contributed by atoms with Gasteiger partial charge in [0.2, 0.25) is 0 Å². The van der Waals surface area contributed by atoms with Gasteiger partial charge in [0.15, 0.2) is 11.9 Å². The Morgan fingerprint density at radius 3 is 2.20 bits per heavy atom. The quantitative estimate of drug-likeness (QED) is 0.763. The van der Waals surface area contributed by atoms with E-state index in [1.54, 1.807) is 20.1 Å². The monoisotopic (exact) mass is 429 g/mol. The molecular weight excluding hydrogens is 402 g/mol. The lowest BCUT2D eigenvalue weighted by Gasteiger charge is -2.29. The maximum absolute atomic E-state index is 12.8. The molecule has 6 nitrogen and oxygen atoms in total. The molecule has 0 radical (unpaired) electrons. The molecule has 6 atom stereocenters. The van der Waals surface area contributed by atoms with Crippen molar-refractivity contribution in [1.29, 1.82) is 0 Å². The van der Waals surface area contributed by atoms with Gasteiger partial charge in [0, 0.05) is 17.1 Å². The molecular formula is C23H27NO5S. The molecule has 0 amide bonds. The minimum Gasteiger partial charge on any atom is -0.389 e. The minimum absolute atomic E-state index is 0.230. The van der Waals surface area contributed by atoms with Crippen molar-refractivity contribution in [2.24, 2.45) is 5.16 Å². The molecule has 1 saturated heterocycles. The molecule has 30 heavy (non-hydrogen) atoms. The summed E-state index contributed by atoms with van der Waals surface area (Å²) < 4.78 is 24.3. The van der Waals surface area contributed by atoms with Crippen LogP contribution in [0.3, 0.4) is 0 Å². The smallest absolute Gasteiger partial charge is 0.164 e. The number of hydrogen-bond acceptors (Lipinski definition) is 6. The fourth-order valence-electron chi connectivity index (χ4n) is 4.14.